The summed E-state index contributed by atoms with van der Waals surface area (Å²) >= 11 is 3.47. The zero-order chi connectivity index (χ0) is 13.5. The summed E-state index contributed by atoms with van der Waals surface area (Å²) in [5, 5.41) is 0.0162. The lowest BCUT2D eigenvalue weighted by atomic mass is 10.2. The number of nitrogens with two attached hydrogens (primary N) is 1. The lowest BCUT2D eigenvalue weighted by Gasteiger charge is -2.20. The molecule has 7 nitrogen and oxygen atoms in total. The molecule has 1 rings (SSSR count). The summed E-state index contributed by atoms with van der Waals surface area (Å²) in [6.07, 6.45) is -2.35. The average molecular weight is 269 g/mol. The number of rotatable bonds is 2. The highest BCUT2D eigenvalue weighted by atomic mass is 32.1. The van der Waals surface area contributed by atoms with Gasteiger partial charge in [-0.2, -0.15) is 0 Å². The lowest BCUT2D eigenvalue weighted by Crippen LogP contribution is -2.45. The first kappa shape index (κ1) is 13.8. The molecule has 0 saturated carbocycles. The van der Waals surface area contributed by atoms with E-state index in [-0.39, 0.29) is 6.54 Å². The number of carbonyl (C=O) groups excluding carboxylic acids is 3. The smallest absolute Gasteiger partial charge is 0.358 e. The number of primary amides is 1. The van der Waals surface area contributed by atoms with Crippen LogP contribution >= 0.6 is 12.6 Å². The Bertz CT molecular complexity index is 452. The van der Waals surface area contributed by atoms with Crippen molar-refractivity contribution < 1.29 is 19.1 Å². The quantitative estimate of drug-likeness (QED) is 0.427. The maximum Gasteiger partial charge on any atom is 0.438 e. The summed E-state index contributed by atoms with van der Waals surface area (Å²) in [6, 6.07) is 8.78. The van der Waals surface area contributed by atoms with E-state index in [0.29, 0.717) is 0 Å². The fraction of sp³-hybridized carbons (Fsp3) is 0.100. The molecular weight excluding hydrogens is 258 g/mol. The van der Waals surface area contributed by atoms with Crippen molar-refractivity contribution in [2.24, 2.45) is 5.73 Å². The van der Waals surface area contributed by atoms with E-state index in [9.17, 15) is 14.4 Å². The summed E-state index contributed by atoms with van der Waals surface area (Å²) in [5.74, 6) is 0. The van der Waals surface area contributed by atoms with Crippen LogP contribution in [0.25, 0.3) is 0 Å². The van der Waals surface area contributed by atoms with Gasteiger partial charge in [0.05, 0.1) is 6.54 Å². The molecule has 0 radical (unpaired) electrons. The van der Waals surface area contributed by atoms with Gasteiger partial charge >= 0.3 is 12.2 Å². The molecule has 1 aromatic rings. The van der Waals surface area contributed by atoms with E-state index in [1.165, 1.54) is 0 Å². The lowest BCUT2D eigenvalue weighted by molar-refractivity contribution is 0.106. The van der Waals surface area contributed by atoms with E-state index < -0.39 is 17.4 Å². The van der Waals surface area contributed by atoms with Crippen LogP contribution in [0.4, 0.5) is 14.4 Å². The molecule has 0 fully saturated rings. The van der Waals surface area contributed by atoms with Crippen molar-refractivity contribution in [3.8, 4) is 0 Å². The van der Waals surface area contributed by atoms with Crippen LogP contribution < -0.4 is 11.2 Å². The van der Waals surface area contributed by atoms with Crippen LogP contribution in [0.3, 0.4) is 0 Å². The van der Waals surface area contributed by atoms with Gasteiger partial charge in [-0.15, -0.1) is 0 Å². The molecule has 1 aromatic carbocycles. The van der Waals surface area contributed by atoms with Crippen LogP contribution in [0.2, 0.25) is 0 Å². The molecule has 0 bridgehead atoms. The standard InChI is InChI=1S/C10H11N3O4S/c11-8(14)17-10(16)13(12-9(15)18)6-7-4-2-1-3-5-7/h1-5H,6H2,(H2,11,14)(H2,12,15,18). The number of hydrogen-bond donors (Lipinski definition) is 3. The van der Waals surface area contributed by atoms with Crippen LogP contribution in [0.5, 0.6) is 0 Å². The number of thiol groups is 1. The first-order valence-corrected chi connectivity index (χ1v) is 5.26. The molecule has 0 aromatic heterocycles. The van der Waals surface area contributed by atoms with Crippen molar-refractivity contribution in [2.75, 3.05) is 0 Å². The molecule has 0 spiro atoms. The molecule has 3 amide bonds. The minimum absolute atomic E-state index is 0.0131. The van der Waals surface area contributed by atoms with Crippen molar-refractivity contribution in [3.05, 3.63) is 35.9 Å². The molecule has 0 unspecified atom stereocenters. The fourth-order valence-corrected chi connectivity index (χ4v) is 1.29. The number of hydrazine groups is 1. The van der Waals surface area contributed by atoms with Crippen LogP contribution in [0, 0.1) is 0 Å². The van der Waals surface area contributed by atoms with Gasteiger partial charge in [0.2, 0.25) is 0 Å². The largest absolute Gasteiger partial charge is 0.438 e. The van der Waals surface area contributed by atoms with Crippen molar-refractivity contribution in [2.45, 2.75) is 6.54 Å². The highest BCUT2D eigenvalue weighted by Gasteiger charge is 2.19. The zero-order valence-corrected chi connectivity index (χ0v) is 10.1. The number of carbonyl (C=O) groups is 3. The first-order valence-electron chi connectivity index (χ1n) is 4.81. The fourth-order valence-electron chi connectivity index (χ4n) is 1.17. The molecule has 0 saturated heterocycles. The van der Waals surface area contributed by atoms with Gasteiger partial charge < -0.3 is 10.5 Å². The molecule has 0 aliphatic rings. The summed E-state index contributed by atoms with van der Waals surface area (Å²) in [4.78, 5) is 32.7. The molecule has 0 aliphatic carbocycles. The van der Waals surface area contributed by atoms with E-state index in [2.05, 4.69) is 22.8 Å². The maximum atomic E-state index is 11.4. The van der Waals surface area contributed by atoms with E-state index in [4.69, 9.17) is 5.73 Å². The van der Waals surface area contributed by atoms with E-state index >= 15 is 0 Å². The molecule has 18 heavy (non-hydrogen) atoms. The topological polar surface area (TPSA) is 102 Å². The molecule has 0 aliphatic heterocycles. The minimum Gasteiger partial charge on any atom is -0.358 e. The Labute approximate surface area is 108 Å². The Morgan fingerprint density at radius 3 is 2.39 bits per heavy atom. The highest BCUT2D eigenvalue weighted by molar-refractivity contribution is 7.96. The number of ether oxygens (including phenoxy) is 1. The van der Waals surface area contributed by atoms with Gasteiger partial charge in [0.15, 0.2) is 0 Å². The number of amides is 3. The Balaban J connectivity index is 2.75. The third kappa shape index (κ3) is 4.74. The molecule has 8 heteroatoms. The molecule has 96 valence electrons. The molecule has 3 N–H and O–H groups in total. The number of nitrogens with one attached hydrogen (secondary N) is 1. The van der Waals surface area contributed by atoms with Gasteiger partial charge in [0.25, 0.3) is 5.24 Å². The third-order valence-electron chi connectivity index (χ3n) is 1.82. The van der Waals surface area contributed by atoms with Gasteiger partial charge in [-0.1, -0.05) is 43.0 Å². The van der Waals surface area contributed by atoms with Gasteiger partial charge in [0, 0.05) is 0 Å². The third-order valence-corrected chi connectivity index (χ3v) is 1.92. The van der Waals surface area contributed by atoms with Gasteiger partial charge in [-0.05, 0) is 5.56 Å². The second-order valence-electron chi connectivity index (χ2n) is 3.18. The van der Waals surface area contributed by atoms with Crippen molar-refractivity contribution >= 4 is 30.1 Å². The highest BCUT2D eigenvalue weighted by Crippen LogP contribution is 2.04. The Kier molecular flexibility index (Phi) is 5.00. The molecule has 0 heterocycles. The number of hydrogen-bond acceptors (Lipinski definition) is 4. The molecular formula is C10H11N3O4S. The number of nitrogens with zero attached hydrogens (tertiary/aromatic N) is 1. The predicted octanol–water partition coefficient (Wildman–Crippen LogP) is 1.26. The van der Waals surface area contributed by atoms with E-state index in [1.807, 2.05) is 0 Å². The Hall–Kier alpha value is -2.22. The van der Waals surface area contributed by atoms with E-state index in [0.717, 1.165) is 10.6 Å². The SMILES string of the molecule is NC(=O)OC(=O)N(Cc1ccccc1)NC(=O)S. The van der Waals surface area contributed by atoms with Crippen molar-refractivity contribution in [1.82, 2.24) is 10.4 Å². The monoisotopic (exact) mass is 269 g/mol. The van der Waals surface area contributed by atoms with Crippen LogP contribution in [-0.2, 0) is 11.3 Å². The van der Waals surface area contributed by atoms with Gasteiger partial charge in [-0.25, -0.2) is 14.6 Å². The Morgan fingerprint density at radius 2 is 1.89 bits per heavy atom. The van der Waals surface area contributed by atoms with Crippen LogP contribution in [-0.4, -0.2) is 22.4 Å². The minimum atomic E-state index is -1.26. The second kappa shape index (κ2) is 6.50. The predicted molar refractivity (Wildman–Crippen MR) is 65.6 cm³/mol. The summed E-state index contributed by atoms with van der Waals surface area (Å²) in [7, 11) is 0. The Morgan fingerprint density at radius 1 is 1.28 bits per heavy atom. The summed E-state index contributed by atoms with van der Waals surface area (Å²) in [5.41, 5.74) is 7.55. The van der Waals surface area contributed by atoms with Crippen LogP contribution in [0.1, 0.15) is 5.56 Å². The van der Waals surface area contributed by atoms with Crippen molar-refractivity contribution in [3.63, 3.8) is 0 Å². The van der Waals surface area contributed by atoms with Gasteiger partial charge in [0.1, 0.15) is 0 Å². The maximum absolute atomic E-state index is 11.4. The average Bonchev–Trinajstić information content (AvgIpc) is 2.28. The first-order chi connectivity index (χ1) is 8.49. The normalized spacial score (nSPS) is 9.39. The summed E-state index contributed by atoms with van der Waals surface area (Å²) < 4.78 is 4.16. The van der Waals surface area contributed by atoms with E-state index in [1.54, 1.807) is 30.3 Å². The van der Waals surface area contributed by atoms with Crippen LogP contribution in [0.15, 0.2) is 30.3 Å². The number of benzene rings is 1. The second-order valence-corrected chi connectivity index (χ2v) is 3.58. The van der Waals surface area contributed by atoms with Gasteiger partial charge in [-0.3, -0.25) is 10.2 Å². The zero-order valence-electron chi connectivity index (χ0n) is 9.20. The summed E-state index contributed by atoms with van der Waals surface area (Å²) in [6.45, 7) is 0.0131. The van der Waals surface area contributed by atoms with Crippen molar-refractivity contribution in [1.29, 1.82) is 0 Å². The molecule has 0 atom stereocenters.